The first-order valence-electron chi connectivity index (χ1n) is 5.20. The zero-order valence-electron chi connectivity index (χ0n) is 9.77. The molecule has 4 nitrogen and oxygen atoms in total. The molecule has 0 saturated heterocycles. The standard InChI is InChI=1S/C12H15N3O/c1-9-4-5-11-10(6-9)7-13-15(11)8-12(16)14(2)3/h4-7H,8H2,1-3H3. The molecule has 0 spiro atoms. The first kappa shape index (κ1) is 10.7. The van der Waals surface area contributed by atoms with Crippen molar-refractivity contribution in [2.24, 2.45) is 0 Å². The zero-order chi connectivity index (χ0) is 11.7. The first-order valence-corrected chi connectivity index (χ1v) is 5.20. The molecule has 1 heterocycles. The van der Waals surface area contributed by atoms with Crippen LogP contribution < -0.4 is 0 Å². The van der Waals surface area contributed by atoms with Crippen molar-refractivity contribution in [3.05, 3.63) is 30.0 Å². The van der Waals surface area contributed by atoms with Crippen LogP contribution in [0.15, 0.2) is 24.4 Å². The summed E-state index contributed by atoms with van der Waals surface area (Å²) < 4.78 is 1.73. The molecule has 0 N–H and O–H groups in total. The quantitative estimate of drug-likeness (QED) is 0.763. The van der Waals surface area contributed by atoms with Gasteiger partial charge in [-0.25, -0.2) is 0 Å². The fourth-order valence-corrected chi connectivity index (χ4v) is 1.60. The summed E-state index contributed by atoms with van der Waals surface area (Å²) in [5, 5.41) is 5.30. The maximum Gasteiger partial charge on any atom is 0.243 e. The summed E-state index contributed by atoms with van der Waals surface area (Å²) in [5.41, 5.74) is 2.20. The number of carbonyl (C=O) groups is 1. The van der Waals surface area contributed by atoms with Crippen molar-refractivity contribution in [1.82, 2.24) is 14.7 Å². The molecule has 0 aliphatic rings. The van der Waals surface area contributed by atoms with Crippen LogP contribution in [0.3, 0.4) is 0 Å². The lowest BCUT2D eigenvalue weighted by Gasteiger charge is -2.10. The highest BCUT2D eigenvalue weighted by Crippen LogP contribution is 2.15. The molecule has 4 heteroatoms. The normalized spacial score (nSPS) is 10.7. The summed E-state index contributed by atoms with van der Waals surface area (Å²) in [6, 6.07) is 6.10. The number of amides is 1. The average Bonchev–Trinajstić information content (AvgIpc) is 2.60. The van der Waals surface area contributed by atoms with E-state index in [9.17, 15) is 4.79 Å². The van der Waals surface area contributed by atoms with Gasteiger partial charge in [0, 0.05) is 19.5 Å². The monoisotopic (exact) mass is 217 g/mol. The Labute approximate surface area is 94.5 Å². The van der Waals surface area contributed by atoms with E-state index in [1.54, 1.807) is 29.9 Å². The molecule has 0 atom stereocenters. The number of rotatable bonds is 2. The van der Waals surface area contributed by atoms with Gasteiger partial charge in [-0.1, -0.05) is 11.6 Å². The van der Waals surface area contributed by atoms with E-state index < -0.39 is 0 Å². The Morgan fingerprint density at radius 2 is 2.19 bits per heavy atom. The van der Waals surface area contributed by atoms with Crippen molar-refractivity contribution in [2.45, 2.75) is 13.5 Å². The molecule has 0 radical (unpaired) electrons. The molecule has 0 bridgehead atoms. The number of nitrogens with zero attached hydrogens (tertiary/aromatic N) is 3. The number of aryl methyl sites for hydroxylation is 1. The van der Waals surface area contributed by atoms with Crippen molar-refractivity contribution in [3.63, 3.8) is 0 Å². The zero-order valence-corrected chi connectivity index (χ0v) is 9.77. The van der Waals surface area contributed by atoms with Gasteiger partial charge in [0.2, 0.25) is 5.91 Å². The van der Waals surface area contributed by atoms with Gasteiger partial charge in [-0.05, 0) is 19.1 Å². The molecular formula is C12H15N3O. The Morgan fingerprint density at radius 1 is 1.44 bits per heavy atom. The van der Waals surface area contributed by atoms with E-state index in [2.05, 4.69) is 11.2 Å². The molecule has 1 aromatic heterocycles. The van der Waals surface area contributed by atoms with Gasteiger partial charge in [0.1, 0.15) is 6.54 Å². The van der Waals surface area contributed by atoms with E-state index in [4.69, 9.17) is 0 Å². The molecule has 1 amide bonds. The minimum atomic E-state index is 0.0468. The van der Waals surface area contributed by atoms with Crippen molar-refractivity contribution in [1.29, 1.82) is 0 Å². The van der Waals surface area contributed by atoms with Gasteiger partial charge in [-0.2, -0.15) is 5.10 Å². The van der Waals surface area contributed by atoms with Crippen molar-refractivity contribution in [3.8, 4) is 0 Å². The molecule has 0 saturated carbocycles. The number of carbonyl (C=O) groups excluding carboxylic acids is 1. The molecule has 1 aromatic carbocycles. The molecule has 2 rings (SSSR count). The van der Waals surface area contributed by atoms with Crippen LogP contribution >= 0.6 is 0 Å². The number of aromatic nitrogens is 2. The second-order valence-electron chi connectivity index (χ2n) is 4.15. The van der Waals surface area contributed by atoms with E-state index in [-0.39, 0.29) is 5.91 Å². The molecular weight excluding hydrogens is 202 g/mol. The third-order valence-electron chi connectivity index (χ3n) is 2.58. The highest BCUT2D eigenvalue weighted by Gasteiger charge is 2.08. The Balaban J connectivity index is 2.35. The maximum absolute atomic E-state index is 11.6. The molecule has 0 aliphatic carbocycles. The van der Waals surface area contributed by atoms with Gasteiger partial charge in [0.25, 0.3) is 0 Å². The topological polar surface area (TPSA) is 38.1 Å². The van der Waals surface area contributed by atoms with Gasteiger partial charge in [-0.3, -0.25) is 9.48 Å². The SMILES string of the molecule is Cc1ccc2c(cnn2CC(=O)N(C)C)c1. The second-order valence-corrected chi connectivity index (χ2v) is 4.15. The van der Waals surface area contributed by atoms with Crippen LogP contribution in [0.2, 0.25) is 0 Å². The molecule has 16 heavy (non-hydrogen) atoms. The minimum absolute atomic E-state index is 0.0468. The predicted octanol–water partition coefficient (Wildman–Crippen LogP) is 1.43. The minimum Gasteiger partial charge on any atom is -0.347 e. The number of benzene rings is 1. The maximum atomic E-state index is 11.6. The lowest BCUT2D eigenvalue weighted by molar-refractivity contribution is -0.129. The Hall–Kier alpha value is -1.84. The molecule has 2 aromatic rings. The van der Waals surface area contributed by atoms with Crippen LogP contribution in [0.1, 0.15) is 5.56 Å². The number of hydrogen-bond donors (Lipinski definition) is 0. The first-order chi connectivity index (χ1) is 7.58. The van der Waals surface area contributed by atoms with E-state index in [0.717, 1.165) is 10.9 Å². The van der Waals surface area contributed by atoms with Crippen LogP contribution in [0, 0.1) is 6.92 Å². The van der Waals surface area contributed by atoms with Crippen molar-refractivity contribution < 1.29 is 4.79 Å². The summed E-state index contributed by atoms with van der Waals surface area (Å²) >= 11 is 0. The van der Waals surface area contributed by atoms with Gasteiger partial charge in [0.05, 0.1) is 11.7 Å². The summed E-state index contributed by atoms with van der Waals surface area (Å²) in [6.45, 7) is 2.33. The Bertz CT molecular complexity index is 528. The fraction of sp³-hybridized carbons (Fsp3) is 0.333. The number of fused-ring (bicyclic) bond motifs is 1. The summed E-state index contributed by atoms with van der Waals surface area (Å²) in [4.78, 5) is 13.2. The lowest BCUT2D eigenvalue weighted by Crippen LogP contribution is -2.26. The van der Waals surface area contributed by atoms with E-state index in [0.29, 0.717) is 6.54 Å². The van der Waals surface area contributed by atoms with Crippen LogP contribution in [0.5, 0.6) is 0 Å². The average molecular weight is 217 g/mol. The van der Waals surface area contributed by atoms with Gasteiger partial charge in [-0.15, -0.1) is 0 Å². The third kappa shape index (κ3) is 1.91. The predicted molar refractivity (Wildman–Crippen MR) is 63.2 cm³/mol. The van der Waals surface area contributed by atoms with E-state index in [1.807, 2.05) is 19.1 Å². The molecule has 84 valence electrons. The van der Waals surface area contributed by atoms with Gasteiger partial charge in [0.15, 0.2) is 0 Å². The molecule has 0 unspecified atom stereocenters. The summed E-state index contributed by atoms with van der Waals surface area (Å²) in [7, 11) is 3.50. The van der Waals surface area contributed by atoms with Gasteiger partial charge >= 0.3 is 0 Å². The molecule has 0 aliphatic heterocycles. The third-order valence-corrected chi connectivity index (χ3v) is 2.58. The summed E-state index contributed by atoms with van der Waals surface area (Å²) in [5.74, 6) is 0.0468. The van der Waals surface area contributed by atoms with Crippen LogP contribution in [-0.2, 0) is 11.3 Å². The number of hydrogen-bond acceptors (Lipinski definition) is 2. The second kappa shape index (κ2) is 3.96. The van der Waals surface area contributed by atoms with E-state index in [1.165, 1.54) is 5.56 Å². The summed E-state index contributed by atoms with van der Waals surface area (Å²) in [6.07, 6.45) is 1.80. The van der Waals surface area contributed by atoms with Gasteiger partial charge < -0.3 is 4.90 Å². The van der Waals surface area contributed by atoms with E-state index >= 15 is 0 Å². The van der Waals surface area contributed by atoms with Crippen molar-refractivity contribution >= 4 is 16.8 Å². The van der Waals surface area contributed by atoms with Crippen LogP contribution in [-0.4, -0.2) is 34.7 Å². The molecule has 0 fully saturated rings. The number of likely N-dealkylation sites (N-methyl/N-ethyl adjacent to an activating group) is 1. The highest BCUT2D eigenvalue weighted by atomic mass is 16.2. The fourth-order valence-electron chi connectivity index (χ4n) is 1.60. The van der Waals surface area contributed by atoms with Crippen LogP contribution in [0.25, 0.3) is 10.9 Å². The lowest BCUT2D eigenvalue weighted by atomic mass is 10.2. The smallest absolute Gasteiger partial charge is 0.243 e. The van der Waals surface area contributed by atoms with Crippen molar-refractivity contribution in [2.75, 3.05) is 14.1 Å². The highest BCUT2D eigenvalue weighted by molar-refractivity contribution is 5.82. The van der Waals surface area contributed by atoms with Crippen LogP contribution in [0.4, 0.5) is 0 Å². The largest absolute Gasteiger partial charge is 0.347 e. The Kier molecular flexibility index (Phi) is 2.64. The Morgan fingerprint density at radius 3 is 2.88 bits per heavy atom.